The lowest BCUT2D eigenvalue weighted by atomic mass is 9.96. The molecule has 0 amide bonds. The van der Waals surface area contributed by atoms with Gasteiger partial charge in [-0.1, -0.05) is 13.8 Å². The normalized spacial score (nSPS) is 37.5. The maximum atomic E-state index is 3.40. The quantitative estimate of drug-likeness (QED) is 0.531. The third kappa shape index (κ3) is 1.32. The molecule has 2 atom stereocenters. The molecule has 0 aromatic carbocycles. The van der Waals surface area contributed by atoms with Gasteiger partial charge in [0.05, 0.1) is 0 Å². The van der Waals surface area contributed by atoms with Gasteiger partial charge in [0.15, 0.2) is 0 Å². The van der Waals surface area contributed by atoms with Crippen molar-refractivity contribution in [1.82, 2.24) is 10.2 Å². The Balaban J connectivity index is 0.000000231. The van der Waals surface area contributed by atoms with Crippen LogP contribution in [0.5, 0.6) is 0 Å². The number of rotatable bonds is 0. The van der Waals surface area contributed by atoms with Crippen molar-refractivity contribution in [2.45, 2.75) is 19.9 Å². The van der Waals surface area contributed by atoms with Crippen LogP contribution in [0, 0.1) is 5.92 Å². The van der Waals surface area contributed by atoms with E-state index in [4.69, 9.17) is 0 Å². The van der Waals surface area contributed by atoms with E-state index in [0.717, 1.165) is 12.0 Å². The van der Waals surface area contributed by atoms with Crippen LogP contribution in [0.15, 0.2) is 0 Å². The molecule has 0 radical (unpaired) electrons. The average molecular weight is 142 g/mol. The minimum atomic E-state index is 0.847. The summed E-state index contributed by atoms with van der Waals surface area (Å²) in [5.41, 5.74) is 0. The lowest BCUT2D eigenvalue weighted by molar-refractivity contribution is 0.297. The standard InChI is InChI=1S/C6H12N2.C2H6/c1-8-3-5-2-7-6(5)4-8;1-2/h5-7H,2-4H2,1H3;1-2H3. The van der Waals surface area contributed by atoms with Crippen molar-refractivity contribution in [2.75, 3.05) is 26.7 Å². The predicted octanol–water partition coefficient (Wildman–Crippen LogP) is 0.546. The zero-order chi connectivity index (χ0) is 7.56. The van der Waals surface area contributed by atoms with Gasteiger partial charge in [-0.15, -0.1) is 0 Å². The predicted molar refractivity (Wildman–Crippen MR) is 44.1 cm³/mol. The Bertz CT molecular complexity index is 91.4. The molecule has 10 heavy (non-hydrogen) atoms. The fraction of sp³-hybridized carbons (Fsp3) is 1.00. The van der Waals surface area contributed by atoms with Gasteiger partial charge in [0, 0.05) is 31.6 Å². The molecule has 2 aliphatic heterocycles. The van der Waals surface area contributed by atoms with E-state index < -0.39 is 0 Å². The van der Waals surface area contributed by atoms with E-state index in [1.54, 1.807) is 0 Å². The molecule has 0 bridgehead atoms. The maximum absolute atomic E-state index is 3.40. The fourth-order valence-corrected chi connectivity index (χ4v) is 1.67. The summed E-state index contributed by atoms with van der Waals surface area (Å²) in [5, 5.41) is 3.40. The van der Waals surface area contributed by atoms with Gasteiger partial charge in [0.1, 0.15) is 0 Å². The molecular formula is C8H18N2. The van der Waals surface area contributed by atoms with Gasteiger partial charge in [0.25, 0.3) is 0 Å². The van der Waals surface area contributed by atoms with Crippen LogP contribution in [0.3, 0.4) is 0 Å². The number of fused-ring (bicyclic) bond motifs is 1. The Morgan fingerprint density at radius 3 is 2.20 bits per heavy atom. The minimum Gasteiger partial charge on any atom is -0.312 e. The molecule has 60 valence electrons. The first-order valence-corrected chi connectivity index (χ1v) is 4.28. The van der Waals surface area contributed by atoms with Crippen LogP contribution < -0.4 is 5.32 Å². The lowest BCUT2D eigenvalue weighted by Crippen LogP contribution is -2.51. The number of nitrogens with one attached hydrogen (secondary N) is 1. The third-order valence-corrected chi connectivity index (χ3v) is 2.27. The molecule has 2 heteroatoms. The van der Waals surface area contributed by atoms with Crippen molar-refractivity contribution in [3.63, 3.8) is 0 Å². The first-order valence-electron chi connectivity index (χ1n) is 4.28. The summed E-state index contributed by atoms with van der Waals surface area (Å²) < 4.78 is 0. The second kappa shape index (κ2) is 3.35. The summed E-state index contributed by atoms with van der Waals surface area (Å²) in [6.45, 7) is 7.84. The van der Waals surface area contributed by atoms with Crippen molar-refractivity contribution in [2.24, 2.45) is 5.92 Å². The van der Waals surface area contributed by atoms with Crippen LogP contribution in [0.4, 0.5) is 0 Å². The Labute approximate surface area is 63.6 Å². The number of hydrogen-bond acceptors (Lipinski definition) is 2. The van der Waals surface area contributed by atoms with Gasteiger partial charge in [0.2, 0.25) is 0 Å². The number of likely N-dealkylation sites (N-methyl/N-ethyl adjacent to an activating group) is 1. The van der Waals surface area contributed by atoms with Crippen LogP contribution in [0.1, 0.15) is 13.8 Å². The average Bonchev–Trinajstić information content (AvgIpc) is 2.19. The fourth-order valence-electron chi connectivity index (χ4n) is 1.67. The molecule has 0 aromatic heterocycles. The van der Waals surface area contributed by atoms with Crippen LogP contribution in [-0.2, 0) is 0 Å². The highest BCUT2D eigenvalue weighted by Crippen LogP contribution is 2.21. The number of nitrogens with zero attached hydrogens (tertiary/aromatic N) is 1. The van der Waals surface area contributed by atoms with E-state index in [1.807, 2.05) is 13.8 Å². The highest BCUT2D eigenvalue weighted by atomic mass is 15.2. The maximum Gasteiger partial charge on any atom is 0.0247 e. The first-order chi connectivity index (χ1) is 4.86. The van der Waals surface area contributed by atoms with Crippen LogP contribution in [-0.4, -0.2) is 37.6 Å². The second-order valence-corrected chi connectivity index (χ2v) is 3.00. The zero-order valence-corrected chi connectivity index (χ0v) is 7.22. The molecule has 2 heterocycles. The molecule has 0 spiro atoms. The molecule has 2 rings (SSSR count). The molecule has 1 N–H and O–H groups in total. The van der Waals surface area contributed by atoms with Gasteiger partial charge in [-0.05, 0) is 7.05 Å². The highest BCUT2D eigenvalue weighted by Gasteiger charge is 2.36. The first kappa shape index (κ1) is 8.02. The van der Waals surface area contributed by atoms with Crippen molar-refractivity contribution in [3.8, 4) is 0 Å². The second-order valence-electron chi connectivity index (χ2n) is 3.00. The highest BCUT2D eigenvalue weighted by molar-refractivity contribution is 4.96. The van der Waals surface area contributed by atoms with Crippen molar-refractivity contribution >= 4 is 0 Å². The smallest absolute Gasteiger partial charge is 0.0247 e. The topological polar surface area (TPSA) is 15.3 Å². The van der Waals surface area contributed by atoms with Crippen LogP contribution in [0.2, 0.25) is 0 Å². The van der Waals surface area contributed by atoms with Crippen LogP contribution >= 0.6 is 0 Å². The number of likely N-dealkylation sites (tertiary alicyclic amines) is 1. The Kier molecular flexibility index (Phi) is 2.69. The largest absolute Gasteiger partial charge is 0.312 e. The molecule has 2 aliphatic rings. The van der Waals surface area contributed by atoms with Gasteiger partial charge in [-0.2, -0.15) is 0 Å². The van der Waals surface area contributed by atoms with Gasteiger partial charge >= 0.3 is 0 Å². The molecule has 2 unspecified atom stereocenters. The molecule has 2 saturated heterocycles. The van der Waals surface area contributed by atoms with Gasteiger partial charge in [-0.25, -0.2) is 0 Å². The summed E-state index contributed by atoms with van der Waals surface area (Å²) in [7, 11) is 2.19. The van der Waals surface area contributed by atoms with E-state index in [9.17, 15) is 0 Å². The van der Waals surface area contributed by atoms with E-state index in [2.05, 4.69) is 17.3 Å². The van der Waals surface area contributed by atoms with Crippen molar-refractivity contribution in [1.29, 1.82) is 0 Å². The molecule has 0 aliphatic carbocycles. The molecule has 0 saturated carbocycles. The van der Waals surface area contributed by atoms with Crippen LogP contribution in [0.25, 0.3) is 0 Å². The van der Waals surface area contributed by atoms with E-state index in [1.165, 1.54) is 19.6 Å². The molecular weight excluding hydrogens is 124 g/mol. The third-order valence-electron chi connectivity index (χ3n) is 2.27. The summed E-state index contributed by atoms with van der Waals surface area (Å²) in [4.78, 5) is 2.40. The van der Waals surface area contributed by atoms with E-state index >= 15 is 0 Å². The monoisotopic (exact) mass is 142 g/mol. The van der Waals surface area contributed by atoms with E-state index in [0.29, 0.717) is 0 Å². The molecule has 2 nitrogen and oxygen atoms in total. The SMILES string of the molecule is CC.CN1CC2CNC2C1. The Morgan fingerprint density at radius 1 is 1.30 bits per heavy atom. The Morgan fingerprint density at radius 2 is 2.00 bits per heavy atom. The molecule has 2 fully saturated rings. The Hall–Kier alpha value is -0.0800. The van der Waals surface area contributed by atoms with Crippen molar-refractivity contribution in [3.05, 3.63) is 0 Å². The summed E-state index contributed by atoms with van der Waals surface area (Å²) >= 11 is 0. The number of hydrogen-bond donors (Lipinski definition) is 1. The summed E-state index contributed by atoms with van der Waals surface area (Å²) in [6.07, 6.45) is 0. The van der Waals surface area contributed by atoms with Gasteiger partial charge < -0.3 is 10.2 Å². The minimum absolute atomic E-state index is 0.847. The van der Waals surface area contributed by atoms with Crippen molar-refractivity contribution < 1.29 is 0 Å². The summed E-state index contributed by atoms with van der Waals surface area (Å²) in [5.74, 6) is 0.986. The molecule has 0 aromatic rings. The lowest BCUT2D eigenvalue weighted by Gasteiger charge is -2.30. The zero-order valence-electron chi connectivity index (χ0n) is 7.22. The summed E-state index contributed by atoms with van der Waals surface area (Å²) in [6, 6.07) is 0.847. The van der Waals surface area contributed by atoms with Gasteiger partial charge in [-0.3, -0.25) is 0 Å². The van der Waals surface area contributed by atoms with E-state index in [-0.39, 0.29) is 0 Å².